The molecule has 1 fully saturated rings. The Kier molecular flexibility index (Phi) is 4.53. The molecule has 1 saturated heterocycles. The molecule has 0 bridgehead atoms. The summed E-state index contributed by atoms with van der Waals surface area (Å²) in [6.45, 7) is 2.87. The quantitative estimate of drug-likeness (QED) is 0.743. The van der Waals surface area contributed by atoms with Crippen LogP contribution in [-0.2, 0) is 11.2 Å². The number of nitrogen functional groups attached to an aromatic ring is 1. The molecule has 1 aliphatic heterocycles. The fourth-order valence-electron chi connectivity index (χ4n) is 2.98. The van der Waals surface area contributed by atoms with E-state index in [1.807, 2.05) is 41.4 Å². The molecule has 0 unspecified atom stereocenters. The number of carbonyl (C=O) groups is 1. The number of hydrogen-bond donors (Lipinski definition) is 1. The van der Waals surface area contributed by atoms with Gasteiger partial charge in [-0.1, -0.05) is 12.1 Å². The minimum Gasteiger partial charge on any atom is -0.367 e. The zero-order valence-electron chi connectivity index (χ0n) is 14.2. The van der Waals surface area contributed by atoms with E-state index in [1.165, 1.54) is 11.5 Å². The van der Waals surface area contributed by atoms with Crippen LogP contribution < -0.4 is 10.6 Å². The van der Waals surface area contributed by atoms with Crippen LogP contribution in [0.5, 0.6) is 0 Å². The normalized spacial score (nSPS) is 14.6. The van der Waals surface area contributed by atoms with Crippen molar-refractivity contribution in [2.45, 2.75) is 6.42 Å². The van der Waals surface area contributed by atoms with Crippen LogP contribution in [0.3, 0.4) is 0 Å². The molecule has 0 atom stereocenters. The molecule has 2 N–H and O–H groups in total. The first-order chi connectivity index (χ1) is 12.7. The Balaban J connectivity index is 1.32. The molecule has 1 aliphatic rings. The van der Waals surface area contributed by atoms with E-state index in [0.717, 1.165) is 29.5 Å². The highest BCUT2D eigenvalue weighted by Gasteiger charge is 2.23. The first-order valence-electron chi connectivity index (χ1n) is 8.40. The lowest BCUT2D eigenvalue weighted by molar-refractivity contribution is -0.130. The third kappa shape index (κ3) is 3.52. The van der Waals surface area contributed by atoms with Crippen molar-refractivity contribution in [1.29, 1.82) is 0 Å². The minimum atomic E-state index is 0.147. The van der Waals surface area contributed by atoms with Crippen molar-refractivity contribution in [1.82, 2.24) is 24.0 Å². The van der Waals surface area contributed by atoms with Gasteiger partial charge in [-0.15, -0.1) is 0 Å². The Morgan fingerprint density at radius 1 is 1.15 bits per heavy atom. The van der Waals surface area contributed by atoms with Gasteiger partial charge in [-0.3, -0.25) is 4.79 Å². The highest BCUT2D eigenvalue weighted by atomic mass is 32.1. The summed E-state index contributed by atoms with van der Waals surface area (Å²) in [4.78, 5) is 20.8. The van der Waals surface area contributed by atoms with Crippen LogP contribution in [-0.4, -0.2) is 56.1 Å². The van der Waals surface area contributed by atoms with Crippen molar-refractivity contribution in [3.05, 3.63) is 48.3 Å². The average molecular weight is 369 g/mol. The number of aromatic nitrogens is 4. The first-order valence-corrected chi connectivity index (χ1v) is 9.17. The van der Waals surface area contributed by atoms with E-state index in [-0.39, 0.29) is 5.91 Å². The molecule has 26 heavy (non-hydrogen) atoms. The summed E-state index contributed by atoms with van der Waals surface area (Å²) in [7, 11) is 0. The van der Waals surface area contributed by atoms with E-state index in [1.54, 1.807) is 10.9 Å². The largest absolute Gasteiger partial charge is 0.367 e. The lowest BCUT2D eigenvalue weighted by Crippen LogP contribution is -2.49. The lowest BCUT2D eigenvalue weighted by Gasteiger charge is -2.34. The van der Waals surface area contributed by atoms with E-state index in [2.05, 4.69) is 19.4 Å². The Hall–Kier alpha value is -2.94. The monoisotopic (exact) mass is 369 g/mol. The summed E-state index contributed by atoms with van der Waals surface area (Å²) in [5.41, 5.74) is 7.57. The van der Waals surface area contributed by atoms with Gasteiger partial charge in [-0.05, 0) is 23.8 Å². The van der Waals surface area contributed by atoms with Crippen LogP contribution in [0.2, 0.25) is 0 Å². The van der Waals surface area contributed by atoms with Crippen molar-refractivity contribution in [2.24, 2.45) is 0 Å². The highest BCUT2D eigenvalue weighted by Crippen LogP contribution is 2.20. The van der Waals surface area contributed by atoms with Gasteiger partial charge in [0, 0.05) is 50.1 Å². The summed E-state index contributed by atoms with van der Waals surface area (Å²) >= 11 is 1.30. The van der Waals surface area contributed by atoms with E-state index in [4.69, 9.17) is 5.73 Å². The van der Waals surface area contributed by atoms with Gasteiger partial charge >= 0.3 is 0 Å². The molecule has 4 rings (SSSR count). The molecule has 0 saturated carbocycles. The number of benzene rings is 1. The maximum Gasteiger partial charge on any atom is 0.233 e. The van der Waals surface area contributed by atoms with Gasteiger partial charge in [-0.25, -0.2) is 4.68 Å². The van der Waals surface area contributed by atoms with Crippen LogP contribution in [0.15, 0.2) is 42.7 Å². The highest BCUT2D eigenvalue weighted by molar-refractivity contribution is 7.09. The Labute approximate surface area is 155 Å². The van der Waals surface area contributed by atoms with Gasteiger partial charge in [-0.2, -0.15) is 14.5 Å². The Morgan fingerprint density at radius 2 is 1.92 bits per heavy atom. The summed E-state index contributed by atoms with van der Waals surface area (Å²) in [5, 5.41) is 5.03. The van der Waals surface area contributed by atoms with Gasteiger partial charge in [0.25, 0.3) is 0 Å². The molecule has 1 amide bonds. The summed E-state index contributed by atoms with van der Waals surface area (Å²) < 4.78 is 5.80. The molecule has 0 aliphatic carbocycles. The second-order valence-corrected chi connectivity index (χ2v) is 6.83. The molecular formula is C17H19N7OS. The number of anilines is 2. The van der Waals surface area contributed by atoms with Crippen LogP contribution in [0, 0.1) is 0 Å². The van der Waals surface area contributed by atoms with Crippen molar-refractivity contribution < 1.29 is 4.79 Å². The zero-order valence-corrected chi connectivity index (χ0v) is 15.0. The molecule has 0 spiro atoms. The fraction of sp³-hybridized carbons (Fsp3) is 0.294. The molecule has 9 heteroatoms. The van der Waals surface area contributed by atoms with Crippen LogP contribution in [0.25, 0.3) is 5.69 Å². The third-order valence-electron chi connectivity index (χ3n) is 4.39. The van der Waals surface area contributed by atoms with E-state index >= 15 is 0 Å². The summed E-state index contributed by atoms with van der Waals surface area (Å²) in [5.74, 6) is 0.454. The molecule has 0 radical (unpaired) electrons. The number of hydrogen-bond acceptors (Lipinski definition) is 7. The number of piperazine rings is 1. The van der Waals surface area contributed by atoms with Crippen molar-refractivity contribution in [3.63, 3.8) is 0 Å². The van der Waals surface area contributed by atoms with Gasteiger partial charge in [0.1, 0.15) is 0 Å². The molecule has 3 heterocycles. The minimum absolute atomic E-state index is 0.147. The number of nitrogens with two attached hydrogens (primary N) is 1. The maximum absolute atomic E-state index is 12.6. The van der Waals surface area contributed by atoms with Crippen molar-refractivity contribution in [2.75, 3.05) is 36.8 Å². The predicted molar refractivity (Wildman–Crippen MR) is 100 cm³/mol. The summed E-state index contributed by atoms with van der Waals surface area (Å²) in [6.07, 6.45) is 4.05. The zero-order chi connectivity index (χ0) is 17.9. The predicted octanol–water partition coefficient (Wildman–Crippen LogP) is 1.20. The Bertz CT molecular complexity index is 867. The number of amides is 1. The van der Waals surface area contributed by atoms with E-state index in [9.17, 15) is 4.79 Å². The summed E-state index contributed by atoms with van der Waals surface area (Å²) in [6, 6.07) is 9.80. The molecule has 134 valence electrons. The Morgan fingerprint density at radius 3 is 2.54 bits per heavy atom. The van der Waals surface area contributed by atoms with E-state index in [0.29, 0.717) is 25.5 Å². The first kappa shape index (κ1) is 16.5. The van der Waals surface area contributed by atoms with Crippen molar-refractivity contribution in [3.8, 4) is 5.69 Å². The average Bonchev–Trinajstić information content (AvgIpc) is 3.34. The van der Waals surface area contributed by atoms with Crippen LogP contribution in [0.4, 0.5) is 11.1 Å². The fourth-order valence-corrected chi connectivity index (χ4v) is 3.62. The molecule has 8 nitrogen and oxygen atoms in total. The van der Waals surface area contributed by atoms with Crippen LogP contribution in [0.1, 0.15) is 5.56 Å². The maximum atomic E-state index is 12.6. The SMILES string of the molecule is Nc1nsc(N2CCN(C(=O)Cc3ccc(-n4cccn4)cc3)CC2)n1. The molecule has 1 aromatic carbocycles. The number of nitrogens with zero attached hydrogens (tertiary/aromatic N) is 6. The second-order valence-electron chi connectivity index (χ2n) is 6.10. The molecule has 2 aromatic heterocycles. The standard InChI is InChI=1S/C17H19N7OS/c18-16-20-17(26-21-16)23-10-8-22(9-11-23)15(25)12-13-2-4-14(5-3-13)24-7-1-6-19-24/h1-7H,8-12H2,(H2,18,21). The van der Waals surface area contributed by atoms with Crippen LogP contribution >= 0.6 is 11.5 Å². The van der Waals surface area contributed by atoms with Gasteiger partial charge in [0.05, 0.1) is 12.1 Å². The van der Waals surface area contributed by atoms with Gasteiger partial charge < -0.3 is 15.5 Å². The van der Waals surface area contributed by atoms with Crippen molar-refractivity contribution >= 4 is 28.5 Å². The van der Waals surface area contributed by atoms with E-state index < -0.39 is 0 Å². The third-order valence-corrected chi connectivity index (χ3v) is 5.19. The number of carbonyl (C=O) groups excluding carboxylic acids is 1. The van der Waals surface area contributed by atoms with Gasteiger partial charge in [0.15, 0.2) is 0 Å². The smallest absolute Gasteiger partial charge is 0.233 e. The lowest BCUT2D eigenvalue weighted by atomic mass is 10.1. The number of rotatable bonds is 4. The molecular weight excluding hydrogens is 350 g/mol. The molecule has 3 aromatic rings. The van der Waals surface area contributed by atoms with Gasteiger partial charge in [0.2, 0.25) is 17.0 Å². The second kappa shape index (κ2) is 7.12. The topological polar surface area (TPSA) is 93.2 Å².